The quantitative estimate of drug-likeness (QED) is 0.0222. The van der Waals surface area contributed by atoms with Gasteiger partial charge in [-0.05, 0) is 31.6 Å². The Morgan fingerprint density at radius 2 is 0.495 bits per heavy atom. The monoisotopic (exact) mass is 1370 g/mol. The van der Waals surface area contributed by atoms with Gasteiger partial charge in [0.25, 0.3) is 0 Å². The van der Waals surface area contributed by atoms with E-state index in [-0.39, 0.29) is 25.7 Å². The first-order valence-corrected chi connectivity index (χ1v) is 41.6. The summed E-state index contributed by atoms with van der Waals surface area (Å²) in [6.07, 6.45) is 56.0. The molecule has 19 heteroatoms. The molecule has 5 atom stereocenters. The molecule has 0 aromatic rings. The zero-order chi connectivity index (χ0) is 68.4. The maximum Gasteiger partial charge on any atom is 0.472 e. The van der Waals surface area contributed by atoms with Gasteiger partial charge in [0, 0.05) is 25.7 Å². The lowest BCUT2D eigenvalue weighted by Crippen LogP contribution is -2.30. The summed E-state index contributed by atoms with van der Waals surface area (Å²) in [7, 11) is -9.90. The van der Waals surface area contributed by atoms with E-state index in [0.29, 0.717) is 25.7 Å². The average Bonchev–Trinajstić information content (AvgIpc) is 2.54. The molecule has 0 aliphatic rings. The fourth-order valence-corrected chi connectivity index (χ4v) is 12.9. The standard InChI is InChI=1S/C74H144O17P2/c1-6-9-12-15-17-19-21-23-25-26-27-28-29-31-33-35-40-44-49-54-59-74(79)91-70(64-85-72(77)58-53-48-43-39-34-32-30-24-22-20-18-16-13-10-7-2)66-89-93(82,83)87-62-68(75)61-86-92(80,81)88-65-69(63-84-71(76)57-52-46-14-11-8-3)90-73(78)60-55-50-45-41-37-36-38-42-47-51-56-67(4)5/h67-70,75H,6-66H2,1-5H3,(H,80,81)(H,82,83)/t68-,69+,70+/m0/s1. The van der Waals surface area contributed by atoms with Crippen LogP contribution in [-0.4, -0.2) is 96.7 Å². The lowest BCUT2D eigenvalue weighted by molar-refractivity contribution is -0.161. The number of carbonyl (C=O) groups excluding carboxylic acids is 4. The van der Waals surface area contributed by atoms with Crippen molar-refractivity contribution in [2.75, 3.05) is 39.6 Å². The van der Waals surface area contributed by atoms with Gasteiger partial charge in [-0.2, -0.15) is 0 Å². The van der Waals surface area contributed by atoms with Gasteiger partial charge in [0.15, 0.2) is 12.2 Å². The van der Waals surface area contributed by atoms with Gasteiger partial charge in [-0.15, -0.1) is 0 Å². The minimum Gasteiger partial charge on any atom is -0.462 e. The van der Waals surface area contributed by atoms with Crippen molar-refractivity contribution in [1.29, 1.82) is 0 Å². The molecule has 0 spiro atoms. The normalized spacial score (nSPS) is 14.0. The number of hydrogen-bond donors (Lipinski definition) is 3. The Kier molecular flexibility index (Phi) is 65.9. The van der Waals surface area contributed by atoms with Crippen LogP contribution in [0.1, 0.15) is 388 Å². The van der Waals surface area contributed by atoms with Crippen molar-refractivity contribution < 1.29 is 80.2 Å². The summed E-state index contributed by atoms with van der Waals surface area (Å²) in [5.74, 6) is -1.38. The maximum atomic E-state index is 13.1. The molecule has 0 fully saturated rings. The second-order valence-electron chi connectivity index (χ2n) is 27.2. The van der Waals surface area contributed by atoms with Crippen LogP contribution in [-0.2, 0) is 65.4 Å². The third-order valence-corrected chi connectivity index (χ3v) is 19.2. The molecule has 0 aromatic heterocycles. The topological polar surface area (TPSA) is 237 Å². The lowest BCUT2D eigenvalue weighted by Gasteiger charge is -2.21. The van der Waals surface area contributed by atoms with E-state index < -0.39 is 97.5 Å². The molecule has 2 unspecified atom stereocenters. The van der Waals surface area contributed by atoms with Crippen LogP contribution < -0.4 is 0 Å². The van der Waals surface area contributed by atoms with Crippen molar-refractivity contribution in [2.24, 2.45) is 5.92 Å². The van der Waals surface area contributed by atoms with E-state index in [9.17, 15) is 43.2 Å². The number of phosphoric acid groups is 2. The average molecular weight is 1370 g/mol. The Hall–Kier alpha value is -1.94. The fraction of sp³-hybridized carbons (Fsp3) is 0.946. The Morgan fingerprint density at radius 3 is 0.731 bits per heavy atom. The van der Waals surface area contributed by atoms with E-state index in [1.165, 1.54) is 205 Å². The van der Waals surface area contributed by atoms with Crippen LogP contribution in [0.5, 0.6) is 0 Å². The molecule has 0 rings (SSSR count). The number of aliphatic hydroxyl groups is 1. The third kappa shape index (κ3) is 68.4. The predicted molar refractivity (Wildman–Crippen MR) is 377 cm³/mol. The van der Waals surface area contributed by atoms with Crippen LogP contribution in [0, 0.1) is 5.92 Å². The van der Waals surface area contributed by atoms with Crippen molar-refractivity contribution in [3.63, 3.8) is 0 Å². The molecule has 93 heavy (non-hydrogen) atoms. The van der Waals surface area contributed by atoms with Crippen molar-refractivity contribution in [3.8, 4) is 0 Å². The van der Waals surface area contributed by atoms with E-state index in [0.717, 1.165) is 102 Å². The van der Waals surface area contributed by atoms with Crippen LogP contribution in [0.25, 0.3) is 0 Å². The molecule has 17 nitrogen and oxygen atoms in total. The summed E-state index contributed by atoms with van der Waals surface area (Å²) < 4.78 is 68.2. The number of ether oxygens (including phenoxy) is 4. The van der Waals surface area contributed by atoms with Crippen LogP contribution in [0.15, 0.2) is 0 Å². The first-order chi connectivity index (χ1) is 45.0. The fourth-order valence-electron chi connectivity index (χ4n) is 11.4. The lowest BCUT2D eigenvalue weighted by atomic mass is 10.0. The highest BCUT2D eigenvalue weighted by Crippen LogP contribution is 2.45. The number of unbranched alkanes of at least 4 members (excludes halogenated alkanes) is 46. The highest BCUT2D eigenvalue weighted by molar-refractivity contribution is 7.47. The molecule has 0 saturated heterocycles. The summed E-state index contributed by atoms with van der Waals surface area (Å²) in [4.78, 5) is 72.4. The number of phosphoric ester groups is 2. The Bertz CT molecular complexity index is 1790. The highest BCUT2D eigenvalue weighted by Gasteiger charge is 2.30. The van der Waals surface area contributed by atoms with Crippen molar-refractivity contribution in [1.82, 2.24) is 0 Å². The Morgan fingerprint density at radius 1 is 0.290 bits per heavy atom. The number of aliphatic hydroxyl groups excluding tert-OH is 1. The minimum absolute atomic E-state index is 0.105. The highest BCUT2D eigenvalue weighted by atomic mass is 31.2. The maximum absolute atomic E-state index is 13.1. The van der Waals surface area contributed by atoms with Crippen molar-refractivity contribution in [2.45, 2.75) is 406 Å². The van der Waals surface area contributed by atoms with E-state index >= 15 is 0 Å². The van der Waals surface area contributed by atoms with Gasteiger partial charge in [0.1, 0.15) is 19.3 Å². The van der Waals surface area contributed by atoms with Crippen molar-refractivity contribution in [3.05, 3.63) is 0 Å². The minimum atomic E-state index is -4.95. The summed E-state index contributed by atoms with van der Waals surface area (Å²) in [6.45, 7) is 7.18. The van der Waals surface area contributed by atoms with E-state index in [1.807, 2.05) is 0 Å². The van der Waals surface area contributed by atoms with E-state index in [2.05, 4.69) is 34.6 Å². The van der Waals surface area contributed by atoms with Gasteiger partial charge in [0.05, 0.1) is 26.4 Å². The first kappa shape index (κ1) is 91.1. The number of esters is 4. The summed E-state index contributed by atoms with van der Waals surface area (Å²) in [5, 5.41) is 10.6. The number of hydrogen-bond acceptors (Lipinski definition) is 15. The molecule has 0 heterocycles. The van der Waals surface area contributed by atoms with Gasteiger partial charge in [-0.25, -0.2) is 9.13 Å². The van der Waals surface area contributed by atoms with Gasteiger partial charge < -0.3 is 33.8 Å². The molecular weight excluding hydrogens is 1220 g/mol. The largest absolute Gasteiger partial charge is 0.472 e. The van der Waals surface area contributed by atoms with Gasteiger partial charge >= 0.3 is 39.5 Å². The van der Waals surface area contributed by atoms with Crippen LogP contribution in [0.3, 0.4) is 0 Å². The first-order valence-electron chi connectivity index (χ1n) is 38.6. The Balaban J connectivity index is 5.13. The summed E-state index contributed by atoms with van der Waals surface area (Å²) >= 11 is 0. The SMILES string of the molecule is CCCCCCCCCCCCCCCCCCCCCCC(=O)O[C@H](COC(=O)CCCCCCCCCCCCCCCCC)COP(=O)(O)OC[C@@H](O)COP(=O)(O)OC[C@@H](COC(=O)CCCCCCC)OC(=O)CCCCCCCCCCCCC(C)C. The molecule has 0 aliphatic carbocycles. The van der Waals surface area contributed by atoms with E-state index in [1.54, 1.807) is 0 Å². The van der Waals surface area contributed by atoms with Crippen molar-refractivity contribution >= 4 is 39.5 Å². The third-order valence-electron chi connectivity index (χ3n) is 17.3. The Labute approximate surface area is 568 Å². The number of carbonyl (C=O) groups is 4. The molecule has 0 aliphatic heterocycles. The van der Waals surface area contributed by atoms with Gasteiger partial charge in [-0.1, -0.05) is 336 Å². The van der Waals surface area contributed by atoms with Crippen LogP contribution in [0.4, 0.5) is 0 Å². The zero-order valence-corrected chi connectivity index (χ0v) is 62.2. The summed E-state index contributed by atoms with van der Waals surface area (Å²) in [5.41, 5.74) is 0. The van der Waals surface area contributed by atoms with Gasteiger partial charge in [-0.3, -0.25) is 37.3 Å². The molecule has 552 valence electrons. The number of rotatable bonds is 74. The predicted octanol–water partition coefficient (Wildman–Crippen LogP) is 21.7. The second kappa shape index (κ2) is 67.3. The second-order valence-corrected chi connectivity index (χ2v) is 30.1. The molecule has 0 saturated carbocycles. The molecule has 0 bridgehead atoms. The molecule has 0 radical (unpaired) electrons. The molecule has 0 aromatic carbocycles. The van der Waals surface area contributed by atoms with E-state index in [4.69, 9.17) is 37.0 Å². The zero-order valence-electron chi connectivity index (χ0n) is 60.4. The summed E-state index contributed by atoms with van der Waals surface area (Å²) in [6, 6.07) is 0. The van der Waals surface area contributed by atoms with Crippen LogP contribution in [0.2, 0.25) is 0 Å². The smallest absolute Gasteiger partial charge is 0.462 e. The molecule has 0 amide bonds. The molecular formula is C74H144O17P2. The molecule has 3 N–H and O–H groups in total. The van der Waals surface area contributed by atoms with Gasteiger partial charge in [0.2, 0.25) is 0 Å². The van der Waals surface area contributed by atoms with Crippen LogP contribution >= 0.6 is 15.6 Å².